The summed E-state index contributed by atoms with van der Waals surface area (Å²) in [6, 6.07) is 11.4. The van der Waals surface area contributed by atoms with Gasteiger partial charge in [0.25, 0.3) is 0 Å². The van der Waals surface area contributed by atoms with Gasteiger partial charge in [0, 0.05) is 36.6 Å². The highest BCUT2D eigenvalue weighted by molar-refractivity contribution is 5.81. The van der Waals surface area contributed by atoms with Crippen molar-refractivity contribution >= 4 is 16.7 Å². The monoisotopic (exact) mass is 414 g/mol. The van der Waals surface area contributed by atoms with E-state index in [0.717, 1.165) is 66.3 Å². The number of aryl methyl sites for hydroxylation is 1. The van der Waals surface area contributed by atoms with Crippen LogP contribution in [0.3, 0.4) is 0 Å². The number of aromatic nitrogens is 4. The first-order valence-corrected chi connectivity index (χ1v) is 11.1. The normalized spacial score (nSPS) is 25.8. The molecule has 4 fully saturated rings. The molecule has 1 aromatic carbocycles. The Kier molecular flexibility index (Phi) is 3.94. The van der Waals surface area contributed by atoms with Crippen molar-refractivity contribution in [3.05, 3.63) is 41.9 Å². The van der Waals surface area contributed by atoms with Crippen molar-refractivity contribution in [2.45, 2.75) is 50.5 Å². The summed E-state index contributed by atoms with van der Waals surface area (Å²) in [5.41, 5.74) is 2.01. The summed E-state index contributed by atoms with van der Waals surface area (Å²) in [5, 5.41) is 15.5. The number of hydrogen-bond acceptors (Lipinski definition) is 6. The second-order valence-corrected chi connectivity index (χ2v) is 9.63. The Morgan fingerprint density at radius 2 is 2.00 bits per heavy atom. The number of nitrogens with zero attached hydrogens (tertiary/aromatic N) is 6. The molecule has 2 bridgehead atoms. The summed E-state index contributed by atoms with van der Waals surface area (Å²) in [6.07, 6.45) is 7.18. The summed E-state index contributed by atoms with van der Waals surface area (Å²) in [7, 11) is 1.79. The maximum atomic E-state index is 9.77. The van der Waals surface area contributed by atoms with Gasteiger partial charge in [0.05, 0.1) is 29.8 Å². The van der Waals surface area contributed by atoms with Crippen molar-refractivity contribution in [3.63, 3.8) is 0 Å². The number of nitriles is 1. The first kappa shape index (κ1) is 18.8. The van der Waals surface area contributed by atoms with Gasteiger partial charge in [0.2, 0.25) is 0 Å². The minimum atomic E-state index is -0.345. The Labute approximate surface area is 181 Å². The molecule has 158 valence electrons. The van der Waals surface area contributed by atoms with Crippen LogP contribution in [0.4, 0.5) is 5.82 Å². The van der Waals surface area contributed by atoms with Crippen molar-refractivity contribution in [1.29, 1.82) is 5.26 Å². The second-order valence-electron chi connectivity index (χ2n) is 9.63. The lowest BCUT2D eigenvalue weighted by Crippen LogP contribution is -2.37. The fourth-order valence-corrected chi connectivity index (χ4v) is 5.80. The molecule has 2 aliphatic heterocycles. The lowest BCUT2D eigenvalue weighted by Gasteiger charge is -2.36. The van der Waals surface area contributed by atoms with Gasteiger partial charge in [-0.1, -0.05) is 12.1 Å². The molecule has 7 heteroatoms. The Balaban J connectivity index is 1.39. The zero-order chi connectivity index (χ0) is 21.2. The Morgan fingerprint density at radius 3 is 2.71 bits per heavy atom. The first-order valence-electron chi connectivity index (χ1n) is 11.1. The van der Waals surface area contributed by atoms with Gasteiger partial charge in [-0.15, -0.1) is 0 Å². The number of hydrogen-bond donors (Lipinski definition) is 0. The third-order valence-electron chi connectivity index (χ3n) is 7.60. The number of ether oxygens (including phenoxy) is 1. The Hall–Kier alpha value is -2.98. The quantitative estimate of drug-likeness (QED) is 0.634. The largest absolute Gasteiger partial charge is 0.384 e. The number of anilines is 1. The molecule has 4 heterocycles. The van der Waals surface area contributed by atoms with E-state index in [0.29, 0.717) is 6.04 Å². The van der Waals surface area contributed by atoms with Crippen LogP contribution in [0.15, 0.2) is 30.5 Å². The highest BCUT2D eigenvalue weighted by Gasteiger charge is 2.55. The molecule has 4 aliphatic rings. The third-order valence-corrected chi connectivity index (χ3v) is 7.60. The number of methoxy groups -OCH3 is 1. The van der Waals surface area contributed by atoms with Gasteiger partial charge in [0.15, 0.2) is 5.82 Å². The van der Waals surface area contributed by atoms with E-state index in [1.54, 1.807) is 7.11 Å². The van der Waals surface area contributed by atoms with Gasteiger partial charge in [0.1, 0.15) is 11.6 Å². The molecule has 3 aromatic rings. The van der Waals surface area contributed by atoms with E-state index in [9.17, 15) is 5.26 Å². The zero-order valence-corrected chi connectivity index (χ0v) is 18.0. The molecule has 0 spiro atoms. The van der Waals surface area contributed by atoms with E-state index >= 15 is 0 Å². The molecule has 0 atom stereocenters. The van der Waals surface area contributed by atoms with E-state index in [-0.39, 0.29) is 10.8 Å². The van der Waals surface area contributed by atoms with Gasteiger partial charge in [-0.25, -0.2) is 14.6 Å². The molecule has 0 amide bonds. The summed E-state index contributed by atoms with van der Waals surface area (Å²) in [5.74, 6) is 2.49. The molecule has 7 nitrogen and oxygen atoms in total. The van der Waals surface area contributed by atoms with Gasteiger partial charge < -0.3 is 9.64 Å². The lowest BCUT2D eigenvalue weighted by molar-refractivity contribution is 0.0521. The van der Waals surface area contributed by atoms with E-state index in [4.69, 9.17) is 14.7 Å². The summed E-state index contributed by atoms with van der Waals surface area (Å²) < 4.78 is 7.37. The summed E-state index contributed by atoms with van der Waals surface area (Å²) >= 11 is 0. The van der Waals surface area contributed by atoms with Crippen LogP contribution in [0.1, 0.15) is 43.5 Å². The SMILES string of the molecule is COCC12CC(C1)N(c1cc(-n3ncc4ccc(C5(C#N)CCC5)cc43)nc(C)n1)C2. The van der Waals surface area contributed by atoms with Crippen LogP contribution in [0, 0.1) is 23.7 Å². The molecule has 0 N–H and O–H groups in total. The molecular formula is C24H26N6O. The first-order chi connectivity index (χ1) is 15.0. The van der Waals surface area contributed by atoms with Crippen molar-refractivity contribution in [2.24, 2.45) is 5.41 Å². The number of fused-ring (bicyclic) bond motifs is 2. The van der Waals surface area contributed by atoms with Gasteiger partial charge in [-0.3, -0.25) is 0 Å². The van der Waals surface area contributed by atoms with Crippen molar-refractivity contribution < 1.29 is 4.74 Å². The van der Waals surface area contributed by atoms with Crippen LogP contribution in [0.5, 0.6) is 0 Å². The molecule has 0 unspecified atom stereocenters. The van der Waals surface area contributed by atoms with Crippen LogP contribution in [0.25, 0.3) is 16.7 Å². The van der Waals surface area contributed by atoms with Gasteiger partial charge in [-0.05, 0) is 50.7 Å². The van der Waals surface area contributed by atoms with Crippen LogP contribution < -0.4 is 4.90 Å². The van der Waals surface area contributed by atoms with Crippen molar-refractivity contribution in [2.75, 3.05) is 25.2 Å². The van der Waals surface area contributed by atoms with Gasteiger partial charge in [-0.2, -0.15) is 10.4 Å². The molecule has 2 aliphatic carbocycles. The van der Waals surface area contributed by atoms with Crippen LogP contribution in [-0.4, -0.2) is 46.1 Å². The average Bonchev–Trinajstić information content (AvgIpc) is 3.38. The fraction of sp³-hybridized carbons (Fsp3) is 0.500. The smallest absolute Gasteiger partial charge is 0.159 e. The molecule has 0 radical (unpaired) electrons. The lowest BCUT2D eigenvalue weighted by atomic mass is 9.65. The summed E-state index contributed by atoms with van der Waals surface area (Å²) in [6.45, 7) is 3.73. The average molecular weight is 415 g/mol. The Bertz CT molecular complexity index is 1210. The third kappa shape index (κ3) is 2.71. The zero-order valence-electron chi connectivity index (χ0n) is 18.0. The molecule has 31 heavy (non-hydrogen) atoms. The Morgan fingerprint density at radius 1 is 1.19 bits per heavy atom. The van der Waals surface area contributed by atoms with E-state index in [1.807, 2.05) is 17.8 Å². The highest BCUT2D eigenvalue weighted by atomic mass is 16.5. The molecular weight excluding hydrogens is 388 g/mol. The molecule has 7 rings (SSSR count). The maximum absolute atomic E-state index is 9.77. The highest BCUT2D eigenvalue weighted by Crippen LogP contribution is 2.53. The number of benzene rings is 1. The summed E-state index contributed by atoms with van der Waals surface area (Å²) in [4.78, 5) is 11.9. The van der Waals surface area contributed by atoms with Crippen LogP contribution >= 0.6 is 0 Å². The fourth-order valence-electron chi connectivity index (χ4n) is 5.80. The van der Waals surface area contributed by atoms with Crippen LogP contribution in [0.2, 0.25) is 0 Å². The predicted molar refractivity (Wildman–Crippen MR) is 117 cm³/mol. The number of rotatable bonds is 5. The van der Waals surface area contributed by atoms with E-state index in [2.05, 4.69) is 40.3 Å². The van der Waals surface area contributed by atoms with Crippen LogP contribution in [-0.2, 0) is 10.2 Å². The second kappa shape index (κ2) is 6.51. The van der Waals surface area contributed by atoms with E-state index in [1.165, 1.54) is 12.8 Å². The van der Waals surface area contributed by atoms with Crippen molar-refractivity contribution in [1.82, 2.24) is 19.7 Å². The molecule has 2 saturated heterocycles. The molecule has 2 aromatic heterocycles. The minimum Gasteiger partial charge on any atom is -0.384 e. The molecule has 2 saturated carbocycles. The van der Waals surface area contributed by atoms with E-state index < -0.39 is 0 Å². The van der Waals surface area contributed by atoms with Gasteiger partial charge >= 0.3 is 0 Å². The standard InChI is InChI=1S/C24H26N6O/c1-16-27-21(29-14-23(15-31-2)10-19(29)11-23)9-22(28-16)30-20-8-18(5-4-17(20)12-26-30)24(13-25)6-3-7-24/h4-5,8-9,12,19H,3,6-7,10-11,14-15H2,1-2H3. The maximum Gasteiger partial charge on any atom is 0.159 e. The topological polar surface area (TPSA) is 79.9 Å². The minimum absolute atomic E-state index is 0.278. The predicted octanol–water partition coefficient (Wildman–Crippen LogP) is 3.68. The van der Waals surface area contributed by atoms with Crippen molar-refractivity contribution in [3.8, 4) is 11.9 Å².